The third-order valence-electron chi connectivity index (χ3n) is 1.81. The average molecular weight is 240 g/mol. The predicted molar refractivity (Wildman–Crippen MR) is 54.8 cm³/mol. The Morgan fingerprint density at radius 3 is 2.24 bits per heavy atom. The van der Waals surface area contributed by atoms with Gasteiger partial charge in [-0.2, -0.15) is 0 Å². The number of carbonyl (C=O) groups excluding carboxylic acids is 1. The summed E-state index contributed by atoms with van der Waals surface area (Å²) in [5, 5.41) is 20.3. The Hall–Kier alpha value is -2.51. The Balaban J connectivity index is 2.50. The van der Waals surface area contributed by atoms with Crippen molar-refractivity contribution in [1.82, 2.24) is 0 Å². The van der Waals surface area contributed by atoms with E-state index in [2.05, 4.69) is 4.74 Å². The topological polar surface area (TPSA) is 113 Å². The molecule has 0 heterocycles. The molecular weight excluding hydrogens is 232 g/mol. The highest BCUT2D eigenvalue weighted by molar-refractivity contribution is 5.70. The standard InChI is InChI=1S/C9H8N2O6/c12-9(5-10(13)14)17-6-7-1-3-8(4-2-7)11(15)16/h1-4H,5-6H2. The van der Waals surface area contributed by atoms with Gasteiger partial charge in [0.15, 0.2) is 0 Å². The molecule has 90 valence electrons. The molecule has 8 heteroatoms. The first-order valence-electron chi connectivity index (χ1n) is 4.50. The first-order valence-corrected chi connectivity index (χ1v) is 4.50. The number of benzene rings is 1. The number of non-ortho nitro benzene ring substituents is 1. The molecule has 17 heavy (non-hydrogen) atoms. The van der Waals surface area contributed by atoms with Gasteiger partial charge in [0.25, 0.3) is 12.2 Å². The summed E-state index contributed by atoms with van der Waals surface area (Å²) in [5.41, 5.74) is 0.442. The largest absolute Gasteiger partial charge is 0.456 e. The maximum absolute atomic E-state index is 10.8. The smallest absolute Gasteiger partial charge is 0.378 e. The van der Waals surface area contributed by atoms with E-state index in [0.29, 0.717) is 5.56 Å². The highest BCUT2D eigenvalue weighted by atomic mass is 16.6. The summed E-state index contributed by atoms with van der Waals surface area (Å²) >= 11 is 0. The van der Waals surface area contributed by atoms with Crippen LogP contribution in [0.15, 0.2) is 24.3 Å². The highest BCUT2D eigenvalue weighted by Crippen LogP contribution is 2.12. The number of carbonyl (C=O) groups is 1. The summed E-state index contributed by atoms with van der Waals surface area (Å²) in [6, 6.07) is 5.35. The number of ether oxygens (including phenoxy) is 1. The van der Waals surface area contributed by atoms with Crippen molar-refractivity contribution < 1.29 is 19.4 Å². The van der Waals surface area contributed by atoms with E-state index in [1.165, 1.54) is 24.3 Å². The Labute approximate surface area is 95.1 Å². The molecule has 0 aromatic heterocycles. The van der Waals surface area contributed by atoms with E-state index in [0.717, 1.165) is 0 Å². The van der Waals surface area contributed by atoms with E-state index in [1.54, 1.807) is 0 Å². The minimum Gasteiger partial charge on any atom is -0.456 e. The van der Waals surface area contributed by atoms with Gasteiger partial charge in [-0.15, -0.1) is 0 Å². The van der Waals surface area contributed by atoms with E-state index < -0.39 is 22.4 Å². The van der Waals surface area contributed by atoms with Gasteiger partial charge >= 0.3 is 5.97 Å². The van der Waals surface area contributed by atoms with Crippen molar-refractivity contribution in [2.75, 3.05) is 6.54 Å². The summed E-state index contributed by atoms with van der Waals surface area (Å²) in [7, 11) is 0. The molecule has 1 aromatic carbocycles. The van der Waals surface area contributed by atoms with Gasteiger partial charge in [0.05, 0.1) is 4.92 Å². The fourth-order valence-corrected chi connectivity index (χ4v) is 1.03. The van der Waals surface area contributed by atoms with Crippen LogP contribution in [0.4, 0.5) is 5.69 Å². The number of esters is 1. The van der Waals surface area contributed by atoms with Crippen LogP contribution in [0.2, 0.25) is 0 Å². The van der Waals surface area contributed by atoms with Crippen LogP contribution in [0, 0.1) is 20.2 Å². The summed E-state index contributed by atoms with van der Waals surface area (Å²) < 4.78 is 4.59. The van der Waals surface area contributed by atoms with Gasteiger partial charge in [-0.05, 0) is 17.7 Å². The SMILES string of the molecule is O=C(C[N+](=O)[O-])OCc1ccc([N+](=O)[O-])cc1. The highest BCUT2D eigenvalue weighted by Gasteiger charge is 2.11. The summed E-state index contributed by atoms with van der Waals surface area (Å²) in [5.74, 6) is -0.951. The molecule has 0 N–H and O–H groups in total. The van der Waals surface area contributed by atoms with Crippen molar-refractivity contribution in [1.29, 1.82) is 0 Å². The molecule has 1 aromatic rings. The first-order chi connectivity index (χ1) is 7.99. The number of hydrogen-bond donors (Lipinski definition) is 0. The molecule has 0 saturated carbocycles. The van der Waals surface area contributed by atoms with Gasteiger partial charge < -0.3 is 4.74 Å². The molecule has 0 radical (unpaired) electrons. The zero-order chi connectivity index (χ0) is 12.8. The lowest BCUT2D eigenvalue weighted by Gasteiger charge is -2.01. The normalized spacial score (nSPS) is 9.65. The molecule has 0 atom stereocenters. The van der Waals surface area contributed by atoms with Crippen LogP contribution >= 0.6 is 0 Å². The second-order valence-electron chi connectivity index (χ2n) is 3.08. The molecule has 0 unspecified atom stereocenters. The van der Waals surface area contributed by atoms with E-state index >= 15 is 0 Å². The number of nitro benzene ring substituents is 1. The van der Waals surface area contributed by atoms with E-state index in [4.69, 9.17) is 0 Å². The Bertz CT molecular complexity index is 441. The number of nitro groups is 2. The van der Waals surface area contributed by atoms with Crippen LogP contribution in [-0.2, 0) is 16.1 Å². The zero-order valence-electron chi connectivity index (χ0n) is 8.57. The van der Waals surface area contributed by atoms with Gasteiger partial charge in [-0.3, -0.25) is 20.2 Å². The third-order valence-corrected chi connectivity index (χ3v) is 1.81. The Morgan fingerprint density at radius 1 is 1.18 bits per heavy atom. The van der Waals surface area contributed by atoms with Crippen LogP contribution in [0.25, 0.3) is 0 Å². The summed E-state index contributed by atoms with van der Waals surface area (Å²) in [6.45, 7) is -1.04. The zero-order valence-corrected chi connectivity index (χ0v) is 8.57. The van der Waals surface area contributed by atoms with E-state index in [1.807, 2.05) is 0 Å². The molecular formula is C9H8N2O6. The number of rotatable bonds is 5. The van der Waals surface area contributed by atoms with Crippen LogP contribution in [0.1, 0.15) is 5.56 Å². The molecule has 0 aliphatic carbocycles. The molecule has 0 saturated heterocycles. The summed E-state index contributed by atoms with van der Waals surface area (Å²) in [4.78, 5) is 29.8. The van der Waals surface area contributed by atoms with E-state index in [9.17, 15) is 25.0 Å². The second-order valence-corrected chi connectivity index (χ2v) is 3.08. The van der Waals surface area contributed by atoms with Crippen molar-refractivity contribution in [2.24, 2.45) is 0 Å². The van der Waals surface area contributed by atoms with Crippen LogP contribution in [0.5, 0.6) is 0 Å². The quantitative estimate of drug-likeness (QED) is 0.429. The van der Waals surface area contributed by atoms with Gasteiger partial charge in [0, 0.05) is 17.1 Å². The third kappa shape index (κ3) is 4.24. The minimum absolute atomic E-state index is 0.0784. The molecule has 8 nitrogen and oxygen atoms in total. The monoisotopic (exact) mass is 240 g/mol. The van der Waals surface area contributed by atoms with Crippen molar-refractivity contribution in [3.8, 4) is 0 Å². The Kier molecular flexibility index (Phi) is 4.09. The fourth-order valence-electron chi connectivity index (χ4n) is 1.03. The fraction of sp³-hybridized carbons (Fsp3) is 0.222. The lowest BCUT2D eigenvalue weighted by Crippen LogP contribution is -2.16. The maximum Gasteiger partial charge on any atom is 0.378 e. The Morgan fingerprint density at radius 2 is 1.76 bits per heavy atom. The van der Waals surface area contributed by atoms with Crippen LogP contribution < -0.4 is 0 Å². The van der Waals surface area contributed by atoms with Crippen molar-refractivity contribution in [3.63, 3.8) is 0 Å². The molecule has 0 bridgehead atoms. The maximum atomic E-state index is 10.8. The van der Waals surface area contributed by atoms with Crippen molar-refractivity contribution >= 4 is 11.7 Å². The van der Waals surface area contributed by atoms with Crippen LogP contribution in [0.3, 0.4) is 0 Å². The molecule has 0 amide bonds. The minimum atomic E-state index is -0.951. The first kappa shape index (κ1) is 12.6. The van der Waals surface area contributed by atoms with Crippen molar-refractivity contribution in [3.05, 3.63) is 50.1 Å². The second kappa shape index (κ2) is 5.54. The molecule has 0 aliphatic heterocycles. The predicted octanol–water partition coefficient (Wildman–Crippen LogP) is 0.915. The molecule has 0 aliphatic rings. The molecule has 0 fully saturated rings. The lowest BCUT2D eigenvalue weighted by atomic mass is 10.2. The average Bonchev–Trinajstić information content (AvgIpc) is 2.26. The van der Waals surface area contributed by atoms with Crippen molar-refractivity contribution in [2.45, 2.75) is 6.61 Å². The van der Waals surface area contributed by atoms with Gasteiger partial charge in [0.1, 0.15) is 6.61 Å². The van der Waals surface area contributed by atoms with Gasteiger partial charge in [-0.1, -0.05) is 0 Å². The van der Waals surface area contributed by atoms with Crippen LogP contribution in [-0.4, -0.2) is 22.4 Å². The molecule has 0 spiro atoms. The number of nitrogens with zero attached hydrogens (tertiary/aromatic N) is 2. The van der Waals surface area contributed by atoms with Gasteiger partial charge in [-0.25, -0.2) is 4.79 Å². The van der Waals surface area contributed by atoms with Gasteiger partial charge in [0.2, 0.25) is 0 Å². The number of hydrogen-bond acceptors (Lipinski definition) is 6. The molecule has 1 rings (SSSR count). The van der Waals surface area contributed by atoms with E-state index in [-0.39, 0.29) is 12.3 Å². The summed E-state index contributed by atoms with van der Waals surface area (Å²) in [6.07, 6.45) is 0. The lowest BCUT2D eigenvalue weighted by molar-refractivity contribution is -0.470.